The normalized spacial score (nSPS) is 12.4. The number of hydrogen-bond acceptors (Lipinski definition) is 3. The quantitative estimate of drug-likeness (QED) is 0.912. The first-order valence-electron chi connectivity index (χ1n) is 5.87. The Hall–Kier alpha value is -1.46. The molecule has 0 saturated heterocycles. The van der Waals surface area contributed by atoms with Gasteiger partial charge in [-0.1, -0.05) is 22.0 Å². The second kappa shape index (κ2) is 5.67. The third-order valence-electron chi connectivity index (χ3n) is 3.09. The highest BCUT2D eigenvalue weighted by Gasteiger charge is 2.20. The second-order valence-corrected chi connectivity index (χ2v) is 5.17. The molecule has 3 N–H and O–H groups in total. The van der Waals surface area contributed by atoms with Crippen LogP contribution in [0.5, 0.6) is 0 Å². The van der Waals surface area contributed by atoms with E-state index in [1.165, 1.54) is 12.1 Å². The van der Waals surface area contributed by atoms with E-state index < -0.39 is 0 Å². The predicted octanol–water partition coefficient (Wildman–Crippen LogP) is 3.18. The van der Waals surface area contributed by atoms with Gasteiger partial charge in [0, 0.05) is 16.2 Å². The van der Waals surface area contributed by atoms with Gasteiger partial charge in [0.05, 0.1) is 6.04 Å². The fraction of sp³-hybridized carbons (Fsp3) is 0.214. The van der Waals surface area contributed by atoms with Gasteiger partial charge in [-0.25, -0.2) is 9.37 Å². The molecule has 1 unspecified atom stereocenters. The minimum absolute atomic E-state index is 0.135. The molecule has 0 aliphatic rings. The van der Waals surface area contributed by atoms with Crippen molar-refractivity contribution < 1.29 is 4.39 Å². The molecule has 19 heavy (non-hydrogen) atoms. The highest BCUT2D eigenvalue weighted by Crippen LogP contribution is 2.32. The Kier molecular flexibility index (Phi) is 4.17. The number of anilines is 1. The number of rotatable bonds is 3. The van der Waals surface area contributed by atoms with E-state index in [9.17, 15) is 4.39 Å². The third-order valence-corrected chi connectivity index (χ3v) is 3.78. The number of nitrogens with zero attached hydrogens (tertiary/aromatic N) is 1. The van der Waals surface area contributed by atoms with Crippen molar-refractivity contribution in [3.05, 3.63) is 57.4 Å². The van der Waals surface area contributed by atoms with Gasteiger partial charge in [-0.3, -0.25) is 0 Å². The van der Waals surface area contributed by atoms with Crippen molar-refractivity contribution in [1.29, 1.82) is 0 Å². The topological polar surface area (TPSA) is 50.9 Å². The van der Waals surface area contributed by atoms with Crippen molar-refractivity contribution in [2.45, 2.75) is 13.0 Å². The summed E-state index contributed by atoms with van der Waals surface area (Å²) in [7, 11) is 1.84. The lowest BCUT2D eigenvalue weighted by molar-refractivity contribution is 0.621. The van der Waals surface area contributed by atoms with Crippen LogP contribution in [-0.4, -0.2) is 12.0 Å². The zero-order chi connectivity index (χ0) is 14.0. The average Bonchev–Trinajstić information content (AvgIpc) is 2.35. The Morgan fingerprint density at radius 3 is 2.68 bits per heavy atom. The Labute approximate surface area is 120 Å². The SMILES string of the molecule is CNC(c1ccc(F)cc1Br)c1c(C)ccnc1N. The van der Waals surface area contributed by atoms with Crippen molar-refractivity contribution in [3.63, 3.8) is 0 Å². The molecule has 3 nitrogen and oxygen atoms in total. The molecule has 0 amide bonds. The zero-order valence-corrected chi connectivity index (χ0v) is 12.3. The molecule has 0 spiro atoms. The summed E-state index contributed by atoms with van der Waals surface area (Å²) in [5.74, 6) is 0.205. The summed E-state index contributed by atoms with van der Waals surface area (Å²) < 4.78 is 13.9. The first-order valence-corrected chi connectivity index (χ1v) is 6.67. The number of nitrogen functional groups attached to an aromatic ring is 1. The van der Waals surface area contributed by atoms with Crippen LogP contribution >= 0.6 is 15.9 Å². The molecule has 2 rings (SSSR count). The molecule has 0 saturated carbocycles. The van der Waals surface area contributed by atoms with E-state index in [0.717, 1.165) is 16.7 Å². The maximum atomic E-state index is 13.2. The third kappa shape index (κ3) is 2.77. The fourth-order valence-corrected chi connectivity index (χ4v) is 2.74. The number of nitrogens with two attached hydrogens (primary N) is 1. The number of pyridine rings is 1. The van der Waals surface area contributed by atoms with Crippen molar-refractivity contribution in [2.24, 2.45) is 0 Å². The zero-order valence-electron chi connectivity index (χ0n) is 10.7. The number of aromatic nitrogens is 1. The van der Waals surface area contributed by atoms with Crippen LogP contribution in [0.15, 0.2) is 34.9 Å². The summed E-state index contributed by atoms with van der Waals surface area (Å²) in [6, 6.07) is 6.40. The molecular weight excluding hydrogens is 309 g/mol. The summed E-state index contributed by atoms with van der Waals surface area (Å²) in [4.78, 5) is 4.13. The lowest BCUT2D eigenvalue weighted by Gasteiger charge is -2.21. The number of halogens is 2. The first kappa shape index (κ1) is 14.0. The monoisotopic (exact) mass is 323 g/mol. The molecule has 0 aliphatic carbocycles. The van der Waals surface area contributed by atoms with Crippen LogP contribution in [0.4, 0.5) is 10.2 Å². The largest absolute Gasteiger partial charge is 0.383 e. The molecule has 100 valence electrons. The summed E-state index contributed by atoms with van der Waals surface area (Å²) in [6.07, 6.45) is 1.68. The van der Waals surface area contributed by atoms with Crippen LogP contribution in [0.2, 0.25) is 0 Å². The van der Waals surface area contributed by atoms with Gasteiger partial charge in [0.2, 0.25) is 0 Å². The van der Waals surface area contributed by atoms with Gasteiger partial charge in [-0.15, -0.1) is 0 Å². The maximum absolute atomic E-state index is 13.2. The minimum Gasteiger partial charge on any atom is -0.383 e. The van der Waals surface area contributed by atoms with E-state index in [-0.39, 0.29) is 11.9 Å². The van der Waals surface area contributed by atoms with Gasteiger partial charge < -0.3 is 11.1 Å². The van der Waals surface area contributed by atoms with Gasteiger partial charge in [0.25, 0.3) is 0 Å². The number of hydrogen-bond donors (Lipinski definition) is 2. The summed E-state index contributed by atoms with van der Waals surface area (Å²) in [5, 5.41) is 3.20. The van der Waals surface area contributed by atoms with Crippen molar-refractivity contribution in [1.82, 2.24) is 10.3 Å². The van der Waals surface area contributed by atoms with Crippen LogP contribution in [0.3, 0.4) is 0 Å². The van der Waals surface area contributed by atoms with Crippen LogP contribution in [-0.2, 0) is 0 Å². The smallest absolute Gasteiger partial charge is 0.128 e. The average molecular weight is 324 g/mol. The molecule has 2 aromatic rings. The van der Waals surface area contributed by atoms with E-state index in [2.05, 4.69) is 26.2 Å². The van der Waals surface area contributed by atoms with Crippen LogP contribution < -0.4 is 11.1 Å². The van der Waals surface area contributed by atoms with Crippen LogP contribution in [0, 0.1) is 12.7 Å². The number of benzene rings is 1. The molecule has 0 fully saturated rings. The predicted molar refractivity (Wildman–Crippen MR) is 78.4 cm³/mol. The van der Waals surface area contributed by atoms with E-state index in [0.29, 0.717) is 10.3 Å². The molecule has 0 bridgehead atoms. The lowest BCUT2D eigenvalue weighted by atomic mass is 9.96. The van der Waals surface area contributed by atoms with Gasteiger partial charge >= 0.3 is 0 Å². The molecule has 1 aromatic heterocycles. The van der Waals surface area contributed by atoms with Crippen molar-refractivity contribution in [2.75, 3.05) is 12.8 Å². The van der Waals surface area contributed by atoms with Gasteiger partial charge in [0.15, 0.2) is 0 Å². The Balaban J connectivity index is 2.56. The van der Waals surface area contributed by atoms with Crippen molar-refractivity contribution >= 4 is 21.7 Å². The summed E-state index contributed by atoms with van der Waals surface area (Å²) in [5.41, 5.74) is 8.86. The molecule has 0 aliphatic heterocycles. The molecular formula is C14H15BrFN3. The highest BCUT2D eigenvalue weighted by atomic mass is 79.9. The molecule has 1 aromatic carbocycles. The first-order chi connectivity index (χ1) is 9.04. The van der Waals surface area contributed by atoms with Crippen molar-refractivity contribution in [3.8, 4) is 0 Å². The molecule has 1 atom stereocenters. The molecule has 5 heteroatoms. The van der Waals surface area contributed by atoms with E-state index in [1.807, 2.05) is 20.0 Å². The fourth-order valence-electron chi connectivity index (χ4n) is 2.16. The van der Waals surface area contributed by atoms with Gasteiger partial charge in [-0.2, -0.15) is 0 Å². The molecule has 1 heterocycles. The summed E-state index contributed by atoms with van der Waals surface area (Å²) >= 11 is 3.39. The standard InChI is InChI=1S/C14H15BrFN3/c1-8-5-6-19-14(17)12(8)13(18-2)10-4-3-9(16)7-11(10)15/h3-7,13,18H,1-2H3,(H2,17,19). The lowest BCUT2D eigenvalue weighted by Crippen LogP contribution is -2.21. The number of aryl methyl sites for hydroxylation is 1. The van der Waals surface area contributed by atoms with E-state index in [4.69, 9.17) is 5.73 Å². The van der Waals surface area contributed by atoms with Crippen LogP contribution in [0.1, 0.15) is 22.7 Å². The Bertz CT molecular complexity index is 581. The Morgan fingerprint density at radius 1 is 1.37 bits per heavy atom. The van der Waals surface area contributed by atoms with E-state index >= 15 is 0 Å². The van der Waals surface area contributed by atoms with Gasteiger partial charge in [0.1, 0.15) is 11.6 Å². The van der Waals surface area contributed by atoms with Gasteiger partial charge in [-0.05, 0) is 43.3 Å². The van der Waals surface area contributed by atoms with Crippen LogP contribution in [0.25, 0.3) is 0 Å². The second-order valence-electron chi connectivity index (χ2n) is 4.31. The Morgan fingerprint density at radius 2 is 2.11 bits per heavy atom. The highest BCUT2D eigenvalue weighted by molar-refractivity contribution is 9.10. The maximum Gasteiger partial charge on any atom is 0.128 e. The molecule has 0 radical (unpaired) electrons. The van der Waals surface area contributed by atoms with E-state index in [1.54, 1.807) is 12.3 Å². The number of nitrogens with one attached hydrogen (secondary N) is 1. The summed E-state index contributed by atoms with van der Waals surface area (Å²) in [6.45, 7) is 1.98. The minimum atomic E-state index is -0.277.